The molecular formula is C20H30ClFN2O3S. The third-order valence-corrected chi connectivity index (χ3v) is 8.57. The lowest BCUT2D eigenvalue weighted by molar-refractivity contribution is -0.116. The zero-order valence-corrected chi connectivity index (χ0v) is 18.1. The molecule has 0 aromatic heterocycles. The Labute approximate surface area is 173 Å². The summed E-state index contributed by atoms with van der Waals surface area (Å²) < 4.78 is 41.1. The molecule has 1 aliphatic heterocycles. The maximum atomic E-state index is 14.8. The number of hydrogen-bond acceptors (Lipinski definition) is 4. The van der Waals surface area contributed by atoms with Gasteiger partial charge in [-0.25, -0.2) is 12.8 Å². The highest BCUT2D eigenvalue weighted by atomic mass is 35.5. The molecule has 1 aliphatic carbocycles. The Balaban J connectivity index is 0.00000280. The van der Waals surface area contributed by atoms with Gasteiger partial charge >= 0.3 is 0 Å². The van der Waals surface area contributed by atoms with Crippen molar-refractivity contribution in [2.24, 2.45) is 5.92 Å². The van der Waals surface area contributed by atoms with Crippen molar-refractivity contribution < 1.29 is 17.6 Å². The lowest BCUT2D eigenvalue weighted by Gasteiger charge is -2.28. The van der Waals surface area contributed by atoms with Gasteiger partial charge in [0.15, 0.2) is 9.84 Å². The van der Waals surface area contributed by atoms with E-state index in [1.165, 1.54) is 6.07 Å². The van der Waals surface area contributed by atoms with Gasteiger partial charge in [-0.15, -0.1) is 12.4 Å². The number of rotatable bonds is 5. The first kappa shape index (κ1) is 23.1. The van der Waals surface area contributed by atoms with Crippen LogP contribution < -0.4 is 10.6 Å². The van der Waals surface area contributed by atoms with Gasteiger partial charge in [-0.2, -0.15) is 0 Å². The topological polar surface area (TPSA) is 75.3 Å². The Morgan fingerprint density at radius 3 is 2.54 bits per heavy atom. The molecule has 1 unspecified atom stereocenters. The van der Waals surface area contributed by atoms with Crippen LogP contribution in [0.5, 0.6) is 0 Å². The van der Waals surface area contributed by atoms with Gasteiger partial charge in [0.05, 0.1) is 10.9 Å². The van der Waals surface area contributed by atoms with Crippen LogP contribution in [0.4, 0.5) is 10.1 Å². The summed E-state index contributed by atoms with van der Waals surface area (Å²) in [5.74, 6) is -1.44. The van der Waals surface area contributed by atoms with E-state index in [0.717, 1.165) is 24.8 Å². The van der Waals surface area contributed by atoms with E-state index in [-0.39, 0.29) is 24.0 Å². The molecule has 1 saturated carbocycles. The van der Waals surface area contributed by atoms with Crippen molar-refractivity contribution in [2.45, 2.75) is 69.4 Å². The molecule has 28 heavy (non-hydrogen) atoms. The van der Waals surface area contributed by atoms with Gasteiger partial charge in [0, 0.05) is 6.54 Å². The largest absolute Gasteiger partial charge is 0.322 e. The predicted octanol–water partition coefficient (Wildman–Crippen LogP) is 3.60. The summed E-state index contributed by atoms with van der Waals surface area (Å²) in [5, 5.41) is 4.13. The fourth-order valence-electron chi connectivity index (χ4n) is 4.27. The third-order valence-electron chi connectivity index (χ3n) is 5.70. The van der Waals surface area contributed by atoms with Crippen LogP contribution in [-0.4, -0.2) is 31.4 Å². The van der Waals surface area contributed by atoms with Crippen molar-refractivity contribution in [3.05, 3.63) is 29.1 Å². The van der Waals surface area contributed by atoms with E-state index in [4.69, 9.17) is 0 Å². The zero-order chi connectivity index (χ0) is 19.6. The fraction of sp³-hybridized carbons (Fsp3) is 0.650. The monoisotopic (exact) mass is 432 g/mol. The first-order chi connectivity index (χ1) is 12.8. The van der Waals surface area contributed by atoms with E-state index in [2.05, 4.69) is 10.6 Å². The Bertz CT molecular complexity index is 808. The Hall–Kier alpha value is -1.18. The normalized spacial score (nSPS) is 18.9. The second-order valence-corrected chi connectivity index (χ2v) is 10.3. The average Bonchev–Trinajstić information content (AvgIpc) is 2.64. The summed E-state index contributed by atoms with van der Waals surface area (Å²) in [4.78, 5) is 12.9. The number of hydrogen-bond donors (Lipinski definition) is 2. The van der Waals surface area contributed by atoms with E-state index < -0.39 is 32.1 Å². The van der Waals surface area contributed by atoms with Gasteiger partial charge in [0.2, 0.25) is 5.91 Å². The highest BCUT2D eigenvalue weighted by Gasteiger charge is 2.41. The van der Waals surface area contributed by atoms with Crippen LogP contribution in [-0.2, 0) is 27.6 Å². The molecule has 0 radical (unpaired) electrons. The molecule has 2 N–H and O–H groups in total. The van der Waals surface area contributed by atoms with Crippen molar-refractivity contribution >= 4 is 33.8 Å². The quantitative estimate of drug-likeness (QED) is 0.745. The van der Waals surface area contributed by atoms with Gasteiger partial charge in [0.1, 0.15) is 11.1 Å². The molecule has 0 saturated heterocycles. The summed E-state index contributed by atoms with van der Waals surface area (Å²) in [6.45, 7) is 4.76. The minimum atomic E-state index is -3.62. The average molecular weight is 433 g/mol. The molecule has 1 heterocycles. The van der Waals surface area contributed by atoms with Gasteiger partial charge in [-0.1, -0.05) is 39.2 Å². The van der Waals surface area contributed by atoms with Crippen LogP contribution in [0.25, 0.3) is 0 Å². The first-order valence-corrected chi connectivity index (χ1v) is 11.5. The van der Waals surface area contributed by atoms with E-state index in [1.807, 2.05) is 0 Å². The summed E-state index contributed by atoms with van der Waals surface area (Å²) in [6, 6.07) is 3.32. The number of halogens is 2. The SMILES string of the molecule is CC(C)C(C(=O)Nc1ccc2c(c1F)CCNC2)S(=O)(=O)C1CCCCC1.Cl. The third kappa shape index (κ3) is 4.69. The van der Waals surface area contributed by atoms with E-state index in [1.54, 1.807) is 19.9 Å². The molecule has 1 aromatic rings. The molecule has 3 rings (SSSR count). The first-order valence-electron chi connectivity index (χ1n) is 9.87. The summed E-state index contributed by atoms with van der Waals surface area (Å²) in [7, 11) is -3.62. The van der Waals surface area contributed by atoms with Crippen LogP contribution in [0.1, 0.15) is 57.1 Å². The standard InChI is InChI=1S/C20H29FN2O3S.ClH/c1-13(2)19(27(25,26)15-6-4-3-5-7-15)20(24)23-17-9-8-14-12-22-11-10-16(14)18(17)21;/h8-9,13,15,19,22H,3-7,10-12H2,1-2H3,(H,23,24);1H. The van der Waals surface area contributed by atoms with Gasteiger partial charge in [0.25, 0.3) is 0 Å². The van der Waals surface area contributed by atoms with Gasteiger partial charge < -0.3 is 10.6 Å². The van der Waals surface area contributed by atoms with E-state index >= 15 is 0 Å². The molecule has 1 aromatic carbocycles. The molecule has 2 aliphatic rings. The van der Waals surface area contributed by atoms with Crippen molar-refractivity contribution in [1.82, 2.24) is 5.32 Å². The molecule has 5 nitrogen and oxygen atoms in total. The van der Waals surface area contributed by atoms with Gasteiger partial charge in [-0.05, 0) is 48.9 Å². The number of amides is 1. The van der Waals surface area contributed by atoms with Crippen molar-refractivity contribution in [3.63, 3.8) is 0 Å². The van der Waals surface area contributed by atoms with Crippen LogP contribution in [0.3, 0.4) is 0 Å². The molecule has 1 atom stereocenters. The van der Waals surface area contributed by atoms with E-state index in [9.17, 15) is 17.6 Å². The zero-order valence-electron chi connectivity index (χ0n) is 16.5. The minimum absolute atomic E-state index is 0. The minimum Gasteiger partial charge on any atom is -0.322 e. The fourth-order valence-corrected chi connectivity index (χ4v) is 6.79. The Morgan fingerprint density at radius 1 is 1.21 bits per heavy atom. The van der Waals surface area contributed by atoms with Crippen LogP contribution in [0.2, 0.25) is 0 Å². The number of benzene rings is 1. The van der Waals surface area contributed by atoms with Crippen LogP contribution in [0, 0.1) is 11.7 Å². The lowest BCUT2D eigenvalue weighted by Crippen LogP contribution is -2.44. The number of fused-ring (bicyclic) bond motifs is 1. The maximum Gasteiger partial charge on any atom is 0.243 e. The summed E-state index contributed by atoms with van der Waals surface area (Å²) in [5.41, 5.74) is 1.56. The highest BCUT2D eigenvalue weighted by molar-refractivity contribution is 7.93. The van der Waals surface area contributed by atoms with E-state index in [0.29, 0.717) is 37.9 Å². The predicted molar refractivity (Wildman–Crippen MR) is 112 cm³/mol. The molecule has 0 bridgehead atoms. The Morgan fingerprint density at radius 2 is 1.89 bits per heavy atom. The molecule has 1 fully saturated rings. The highest BCUT2D eigenvalue weighted by Crippen LogP contribution is 2.30. The molecule has 1 amide bonds. The number of sulfone groups is 1. The summed E-state index contributed by atoms with van der Waals surface area (Å²) >= 11 is 0. The second kappa shape index (κ2) is 9.55. The molecule has 158 valence electrons. The Kier molecular flexibility index (Phi) is 7.88. The second-order valence-electron chi connectivity index (χ2n) is 7.99. The number of carbonyl (C=O) groups is 1. The number of anilines is 1. The van der Waals surface area contributed by atoms with Gasteiger partial charge in [-0.3, -0.25) is 4.79 Å². The maximum absolute atomic E-state index is 14.8. The smallest absolute Gasteiger partial charge is 0.243 e. The van der Waals surface area contributed by atoms with Crippen LogP contribution >= 0.6 is 12.4 Å². The summed E-state index contributed by atoms with van der Waals surface area (Å²) in [6.07, 6.45) is 4.57. The van der Waals surface area contributed by atoms with Crippen LogP contribution in [0.15, 0.2) is 12.1 Å². The van der Waals surface area contributed by atoms with Crippen molar-refractivity contribution in [1.29, 1.82) is 0 Å². The number of nitrogens with one attached hydrogen (secondary N) is 2. The lowest BCUT2D eigenvalue weighted by atomic mass is 9.99. The number of carbonyl (C=O) groups excluding carboxylic acids is 1. The molecular weight excluding hydrogens is 403 g/mol. The van der Waals surface area contributed by atoms with Crippen molar-refractivity contribution in [3.8, 4) is 0 Å². The molecule has 8 heteroatoms. The van der Waals surface area contributed by atoms with Crippen molar-refractivity contribution in [2.75, 3.05) is 11.9 Å². The molecule has 0 spiro atoms.